The second-order valence-corrected chi connectivity index (χ2v) is 7.91. The number of imide groups is 1. The topological polar surface area (TPSA) is 68.2 Å². The smallest absolute Gasteiger partial charge is 0.261 e. The normalized spacial score (nSPS) is 16.1. The standard InChI is InChI=1S/C24H28FN5O2.HI/c1-26-24(29-16-14-28(15-17-29)21-11-5-4-10-20(21)25)27-12-6-7-13-30-22(31)18-8-2-3-9-19(18)23(30)32;/h2-5,8-11H,6-7,12-17H2,1H3,(H,26,27);1H. The van der Waals surface area contributed by atoms with Gasteiger partial charge < -0.3 is 15.1 Å². The van der Waals surface area contributed by atoms with Gasteiger partial charge in [0.1, 0.15) is 5.82 Å². The number of nitrogens with one attached hydrogen (secondary N) is 1. The minimum Gasteiger partial charge on any atom is -0.366 e. The number of benzene rings is 2. The molecule has 0 saturated carbocycles. The molecule has 0 atom stereocenters. The second kappa shape index (κ2) is 11.4. The third-order valence-corrected chi connectivity index (χ3v) is 5.95. The number of aliphatic imine (C=N–C) groups is 1. The lowest BCUT2D eigenvalue weighted by Crippen LogP contribution is -2.52. The van der Waals surface area contributed by atoms with Crippen molar-refractivity contribution in [3.63, 3.8) is 0 Å². The fraction of sp³-hybridized carbons (Fsp3) is 0.375. The Labute approximate surface area is 210 Å². The number of anilines is 1. The van der Waals surface area contributed by atoms with Gasteiger partial charge >= 0.3 is 0 Å². The lowest BCUT2D eigenvalue weighted by atomic mass is 10.1. The van der Waals surface area contributed by atoms with Gasteiger partial charge in [-0.3, -0.25) is 19.5 Å². The summed E-state index contributed by atoms with van der Waals surface area (Å²) >= 11 is 0. The van der Waals surface area contributed by atoms with Gasteiger partial charge in [-0.15, -0.1) is 24.0 Å². The molecule has 0 unspecified atom stereocenters. The molecule has 0 aromatic heterocycles. The SMILES string of the molecule is CN=C(NCCCCN1C(=O)c2ccccc2C1=O)N1CCN(c2ccccc2F)CC1.I. The summed E-state index contributed by atoms with van der Waals surface area (Å²) in [5, 5.41) is 3.37. The number of carbonyl (C=O) groups excluding carboxylic acids is 2. The molecule has 0 bridgehead atoms. The Morgan fingerprint density at radius 3 is 2.15 bits per heavy atom. The van der Waals surface area contributed by atoms with Gasteiger partial charge in [0.15, 0.2) is 5.96 Å². The predicted molar refractivity (Wildman–Crippen MR) is 138 cm³/mol. The van der Waals surface area contributed by atoms with E-state index < -0.39 is 0 Å². The number of carbonyl (C=O) groups is 2. The largest absolute Gasteiger partial charge is 0.366 e. The zero-order chi connectivity index (χ0) is 22.5. The van der Waals surface area contributed by atoms with E-state index in [0.29, 0.717) is 29.9 Å². The van der Waals surface area contributed by atoms with Crippen molar-refractivity contribution >= 4 is 47.4 Å². The molecule has 2 amide bonds. The Hall–Kier alpha value is -2.69. The van der Waals surface area contributed by atoms with Crippen molar-refractivity contribution < 1.29 is 14.0 Å². The number of hydrogen-bond acceptors (Lipinski definition) is 4. The van der Waals surface area contributed by atoms with E-state index in [0.717, 1.165) is 45.0 Å². The van der Waals surface area contributed by atoms with E-state index in [1.807, 2.05) is 12.1 Å². The van der Waals surface area contributed by atoms with Crippen molar-refractivity contribution in [2.75, 3.05) is 51.2 Å². The van der Waals surface area contributed by atoms with Gasteiger partial charge in [0.2, 0.25) is 0 Å². The average molecular weight is 565 g/mol. The maximum absolute atomic E-state index is 14.0. The first-order chi connectivity index (χ1) is 15.6. The number of rotatable bonds is 6. The van der Waals surface area contributed by atoms with E-state index >= 15 is 0 Å². The van der Waals surface area contributed by atoms with E-state index in [4.69, 9.17) is 0 Å². The van der Waals surface area contributed by atoms with E-state index in [1.54, 1.807) is 37.4 Å². The third-order valence-electron chi connectivity index (χ3n) is 5.95. The zero-order valence-electron chi connectivity index (χ0n) is 18.7. The maximum Gasteiger partial charge on any atom is 0.261 e. The van der Waals surface area contributed by atoms with Gasteiger partial charge in [0, 0.05) is 46.3 Å². The number of piperazine rings is 1. The van der Waals surface area contributed by atoms with E-state index in [2.05, 4.69) is 20.1 Å². The summed E-state index contributed by atoms with van der Waals surface area (Å²) < 4.78 is 14.0. The van der Waals surface area contributed by atoms with Crippen LogP contribution in [0.5, 0.6) is 0 Å². The molecule has 0 aliphatic carbocycles. The molecule has 176 valence electrons. The third kappa shape index (κ3) is 5.45. The molecule has 2 aliphatic rings. The van der Waals surface area contributed by atoms with E-state index in [1.165, 1.54) is 11.0 Å². The predicted octanol–water partition coefficient (Wildman–Crippen LogP) is 3.22. The average Bonchev–Trinajstić information content (AvgIpc) is 3.07. The highest BCUT2D eigenvalue weighted by molar-refractivity contribution is 14.0. The highest BCUT2D eigenvalue weighted by Gasteiger charge is 2.34. The fourth-order valence-corrected chi connectivity index (χ4v) is 4.24. The molecule has 0 radical (unpaired) electrons. The summed E-state index contributed by atoms with van der Waals surface area (Å²) in [6.07, 6.45) is 1.53. The summed E-state index contributed by atoms with van der Waals surface area (Å²) in [5.41, 5.74) is 1.62. The van der Waals surface area contributed by atoms with Gasteiger partial charge in [-0.25, -0.2) is 4.39 Å². The number of hydrogen-bond donors (Lipinski definition) is 1. The van der Waals surface area contributed by atoms with Crippen LogP contribution < -0.4 is 10.2 Å². The van der Waals surface area contributed by atoms with Crippen molar-refractivity contribution in [3.8, 4) is 0 Å². The molecule has 1 N–H and O–H groups in total. The number of fused-ring (bicyclic) bond motifs is 1. The van der Waals surface area contributed by atoms with Crippen LogP contribution in [0.3, 0.4) is 0 Å². The van der Waals surface area contributed by atoms with Crippen LogP contribution in [0.25, 0.3) is 0 Å². The molecule has 1 saturated heterocycles. The molecule has 7 nitrogen and oxygen atoms in total. The van der Waals surface area contributed by atoms with Crippen LogP contribution in [-0.2, 0) is 0 Å². The van der Waals surface area contributed by atoms with Gasteiger partial charge in [0.25, 0.3) is 11.8 Å². The van der Waals surface area contributed by atoms with Crippen LogP contribution >= 0.6 is 24.0 Å². The minimum atomic E-state index is -0.206. The molecule has 2 aromatic rings. The molecule has 2 heterocycles. The van der Waals surface area contributed by atoms with Crippen molar-refractivity contribution in [3.05, 3.63) is 65.5 Å². The molecule has 0 spiro atoms. The van der Waals surface area contributed by atoms with Gasteiger partial charge in [-0.1, -0.05) is 24.3 Å². The second-order valence-electron chi connectivity index (χ2n) is 7.91. The van der Waals surface area contributed by atoms with Gasteiger partial charge in [-0.05, 0) is 37.1 Å². The number of amides is 2. The van der Waals surface area contributed by atoms with Crippen LogP contribution in [0.4, 0.5) is 10.1 Å². The Kier molecular flexibility index (Phi) is 8.65. The van der Waals surface area contributed by atoms with Crippen molar-refractivity contribution in [2.45, 2.75) is 12.8 Å². The van der Waals surface area contributed by atoms with Crippen molar-refractivity contribution in [2.24, 2.45) is 4.99 Å². The minimum absolute atomic E-state index is 0. The first-order valence-corrected chi connectivity index (χ1v) is 11.0. The summed E-state index contributed by atoms with van der Waals surface area (Å²) in [5.74, 6) is 0.213. The number of guanidine groups is 1. The van der Waals surface area contributed by atoms with Crippen LogP contribution in [-0.4, -0.2) is 73.9 Å². The summed E-state index contributed by atoms with van der Waals surface area (Å²) in [4.78, 5) is 34.8. The first kappa shape index (κ1) is 24.9. The summed E-state index contributed by atoms with van der Waals surface area (Å²) in [6.45, 7) is 4.06. The summed E-state index contributed by atoms with van der Waals surface area (Å²) in [6, 6.07) is 13.8. The highest BCUT2D eigenvalue weighted by atomic mass is 127. The van der Waals surface area contributed by atoms with E-state index in [9.17, 15) is 14.0 Å². The molecule has 33 heavy (non-hydrogen) atoms. The lowest BCUT2D eigenvalue weighted by molar-refractivity contribution is 0.0652. The number of para-hydroxylation sites is 1. The maximum atomic E-state index is 14.0. The zero-order valence-corrected chi connectivity index (χ0v) is 21.0. The number of unbranched alkanes of at least 4 members (excludes halogenated alkanes) is 1. The molecule has 2 aromatic carbocycles. The Morgan fingerprint density at radius 2 is 1.55 bits per heavy atom. The molecular formula is C24H29FIN5O2. The molecule has 2 aliphatic heterocycles. The highest BCUT2D eigenvalue weighted by Crippen LogP contribution is 2.23. The molecule has 4 rings (SSSR count). The summed E-state index contributed by atoms with van der Waals surface area (Å²) in [7, 11) is 1.75. The number of halogens is 2. The van der Waals surface area contributed by atoms with Gasteiger partial charge in [0.05, 0.1) is 16.8 Å². The fourth-order valence-electron chi connectivity index (χ4n) is 4.24. The van der Waals surface area contributed by atoms with Gasteiger partial charge in [-0.2, -0.15) is 0 Å². The van der Waals surface area contributed by atoms with Crippen molar-refractivity contribution in [1.29, 1.82) is 0 Å². The molecular weight excluding hydrogens is 536 g/mol. The monoisotopic (exact) mass is 565 g/mol. The first-order valence-electron chi connectivity index (χ1n) is 11.0. The quantitative estimate of drug-likeness (QED) is 0.192. The van der Waals surface area contributed by atoms with Crippen molar-refractivity contribution in [1.82, 2.24) is 15.1 Å². The van der Waals surface area contributed by atoms with Crippen LogP contribution in [0.15, 0.2) is 53.5 Å². The van der Waals surface area contributed by atoms with Crippen LogP contribution in [0, 0.1) is 5.82 Å². The lowest BCUT2D eigenvalue weighted by Gasteiger charge is -2.37. The van der Waals surface area contributed by atoms with Crippen LogP contribution in [0.2, 0.25) is 0 Å². The molecule has 1 fully saturated rings. The molecule has 9 heteroatoms. The van der Waals surface area contributed by atoms with Crippen LogP contribution in [0.1, 0.15) is 33.6 Å². The van der Waals surface area contributed by atoms with E-state index in [-0.39, 0.29) is 41.6 Å². The Bertz CT molecular complexity index is 988. The number of nitrogens with zero attached hydrogens (tertiary/aromatic N) is 4. The Balaban J connectivity index is 0.00000306. The Morgan fingerprint density at radius 1 is 0.939 bits per heavy atom.